The Hall–Kier alpha value is -2.07. The van der Waals surface area contributed by atoms with Crippen LogP contribution < -0.4 is 4.74 Å². The fraction of sp³-hybridized carbons (Fsp3) is 0.133. The molecule has 102 valence electrons. The van der Waals surface area contributed by atoms with Gasteiger partial charge in [0.15, 0.2) is 0 Å². The monoisotopic (exact) mass is 290 g/mol. The highest BCUT2D eigenvalue weighted by Gasteiger charge is 2.06. The third-order valence-electron chi connectivity index (χ3n) is 3.02. The van der Waals surface area contributed by atoms with E-state index in [0.717, 1.165) is 17.0 Å². The maximum atomic E-state index is 12.9. The first-order valence-corrected chi connectivity index (χ1v) is 6.53. The van der Waals surface area contributed by atoms with E-state index in [2.05, 4.69) is 4.98 Å². The van der Waals surface area contributed by atoms with Gasteiger partial charge in [-0.3, -0.25) is 0 Å². The molecule has 0 aliphatic heterocycles. The van der Waals surface area contributed by atoms with Gasteiger partial charge >= 0.3 is 0 Å². The topological polar surface area (TPSA) is 26.5 Å². The van der Waals surface area contributed by atoms with E-state index in [1.54, 1.807) is 0 Å². The molecule has 3 nitrogen and oxygen atoms in total. The van der Waals surface area contributed by atoms with Gasteiger partial charge in [-0.1, -0.05) is 17.7 Å². The predicted octanol–water partition coefficient (Wildman–Crippen LogP) is 4.01. The lowest BCUT2D eigenvalue weighted by atomic mass is 10.3. The Morgan fingerprint density at radius 1 is 1.30 bits per heavy atom. The van der Waals surface area contributed by atoms with Gasteiger partial charge in [-0.15, -0.1) is 0 Å². The minimum atomic E-state index is -0.384. The van der Waals surface area contributed by atoms with Crippen molar-refractivity contribution in [1.82, 2.24) is 9.38 Å². The molecule has 0 unspecified atom stereocenters. The standard InChI is InChI=1S/C15H12ClFN2O/c1-10-3-2-4-15-18-12(8-19(10)15)9-20-14-6-5-11(17)7-13(14)16/h2-8H,9H2,1H3. The Morgan fingerprint density at radius 2 is 2.15 bits per heavy atom. The zero-order valence-corrected chi connectivity index (χ0v) is 11.6. The maximum Gasteiger partial charge on any atom is 0.138 e. The van der Waals surface area contributed by atoms with Crippen molar-refractivity contribution in [2.75, 3.05) is 0 Å². The van der Waals surface area contributed by atoms with Crippen LogP contribution in [0.1, 0.15) is 11.4 Å². The highest BCUT2D eigenvalue weighted by Crippen LogP contribution is 2.25. The van der Waals surface area contributed by atoms with Crippen LogP contribution in [0.25, 0.3) is 5.65 Å². The third-order valence-corrected chi connectivity index (χ3v) is 3.31. The second-order valence-electron chi connectivity index (χ2n) is 4.49. The van der Waals surface area contributed by atoms with Gasteiger partial charge in [-0.25, -0.2) is 9.37 Å². The van der Waals surface area contributed by atoms with Crippen LogP contribution in [-0.2, 0) is 6.61 Å². The van der Waals surface area contributed by atoms with E-state index in [9.17, 15) is 4.39 Å². The molecule has 5 heteroatoms. The molecular weight excluding hydrogens is 279 g/mol. The number of aromatic nitrogens is 2. The van der Waals surface area contributed by atoms with E-state index < -0.39 is 0 Å². The third kappa shape index (κ3) is 2.47. The molecule has 0 radical (unpaired) electrons. The summed E-state index contributed by atoms with van der Waals surface area (Å²) in [6.45, 7) is 2.29. The molecule has 0 saturated carbocycles. The van der Waals surface area contributed by atoms with Gasteiger partial charge in [0.05, 0.1) is 10.7 Å². The Balaban J connectivity index is 1.81. The quantitative estimate of drug-likeness (QED) is 0.728. The number of halogens is 2. The van der Waals surface area contributed by atoms with Crippen molar-refractivity contribution in [3.8, 4) is 5.75 Å². The molecule has 2 aromatic heterocycles. The van der Waals surface area contributed by atoms with Crippen molar-refractivity contribution in [1.29, 1.82) is 0 Å². The largest absolute Gasteiger partial charge is 0.486 e. The predicted molar refractivity (Wildman–Crippen MR) is 75.7 cm³/mol. The molecule has 0 fully saturated rings. The first kappa shape index (κ1) is 12.9. The number of ether oxygens (including phenoxy) is 1. The van der Waals surface area contributed by atoms with Crippen molar-refractivity contribution in [2.24, 2.45) is 0 Å². The van der Waals surface area contributed by atoms with E-state index in [-0.39, 0.29) is 17.4 Å². The molecule has 0 aliphatic rings. The second-order valence-corrected chi connectivity index (χ2v) is 4.90. The average Bonchev–Trinajstić information content (AvgIpc) is 2.82. The number of imidazole rings is 1. The van der Waals surface area contributed by atoms with E-state index in [4.69, 9.17) is 16.3 Å². The molecule has 3 aromatic rings. The summed E-state index contributed by atoms with van der Waals surface area (Å²) in [6, 6.07) is 9.95. The molecule has 0 N–H and O–H groups in total. The van der Waals surface area contributed by atoms with Crippen molar-refractivity contribution < 1.29 is 9.13 Å². The number of nitrogens with zero attached hydrogens (tertiary/aromatic N) is 2. The zero-order valence-electron chi connectivity index (χ0n) is 10.8. The molecule has 0 spiro atoms. The molecule has 0 bridgehead atoms. The van der Waals surface area contributed by atoms with Crippen LogP contribution in [0, 0.1) is 12.7 Å². The van der Waals surface area contributed by atoms with Crippen LogP contribution in [-0.4, -0.2) is 9.38 Å². The highest BCUT2D eigenvalue weighted by molar-refractivity contribution is 6.32. The Labute approximate surface area is 120 Å². The number of fused-ring (bicyclic) bond motifs is 1. The van der Waals surface area contributed by atoms with Crippen molar-refractivity contribution in [2.45, 2.75) is 13.5 Å². The van der Waals surface area contributed by atoms with Gasteiger partial charge in [0.25, 0.3) is 0 Å². The fourth-order valence-electron chi connectivity index (χ4n) is 2.01. The molecule has 20 heavy (non-hydrogen) atoms. The average molecular weight is 291 g/mol. The van der Waals surface area contributed by atoms with Gasteiger partial charge in [0.1, 0.15) is 23.8 Å². The van der Waals surface area contributed by atoms with Crippen LogP contribution in [0.3, 0.4) is 0 Å². The van der Waals surface area contributed by atoms with E-state index in [0.29, 0.717) is 5.75 Å². The van der Waals surface area contributed by atoms with E-state index in [1.807, 2.05) is 35.7 Å². The lowest BCUT2D eigenvalue weighted by Crippen LogP contribution is -1.96. The molecule has 0 saturated heterocycles. The SMILES string of the molecule is Cc1cccc2nc(COc3ccc(F)cc3Cl)cn12. The minimum absolute atomic E-state index is 0.255. The van der Waals surface area contributed by atoms with Crippen molar-refractivity contribution in [3.63, 3.8) is 0 Å². The number of hydrogen-bond donors (Lipinski definition) is 0. The zero-order chi connectivity index (χ0) is 14.1. The normalized spacial score (nSPS) is 10.9. The summed E-state index contributed by atoms with van der Waals surface area (Å²) in [5, 5.41) is 0.255. The molecule has 3 rings (SSSR count). The second kappa shape index (κ2) is 5.13. The molecule has 1 aromatic carbocycles. The number of hydrogen-bond acceptors (Lipinski definition) is 2. The summed E-state index contributed by atoms with van der Waals surface area (Å²) in [5.74, 6) is 0.0625. The maximum absolute atomic E-state index is 12.9. The Morgan fingerprint density at radius 3 is 2.90 bits per heavy atom. The summed E-state index contributed by atoms with van der Waals surface area (Å²) >= 11 is 5.91. The molecule has 0 amide bonds. The van der Waals surface area contributed by atoms with Gasteiger partial charge in [0.2, 0.25) is 0 Å². The molecule has 0 atom stereocenters. The first-order valence-electron chi connectivity index (χ1n) is 6.15. The smallest absolute Gasteiger partial charge is 0.138 e. The van der Waals surface area contributed by atoms with Crippen molar-refractivity contribution in [3.05, 3.63) is 64.8 Å². The summed E-state index contributed by atoms with van der Waals surface area (Å²) < 4.78 is 20.5. The van der Waals surface area contributed by atoms with Crippen molar-refractivity contribution >= 4 is 17.2 Å². The summed E-state index contributed by atoms with van der Waals surface area (Å²) in [6.07, 6.45) is 1.92. The lowest BCUT2D eigenvalue weighted by molar-refractivity contribution is 0.302. The molecule has 2 heterocycles. The molecular formula is C15H12ClFN2O. The van der Waals surface area contributed by atoms with Gasteiger partial charge in [-0.05, 0) is 37.3 Å². The molecule has 0 aliphatic carbocycles. The highest BCUT2D eigenvalue weighted by atomic mass is 35.5. The fourth-order valence-corrected chi connectivity index (χ4v) is 2.23. The number of aryl methyl sites for hydroxylation is 1. The van der Waals surface area contributed by atoms with Gasteiger partial charge in [-0.2, -0.15) is 0 Å². The van der Waals surface area contributed by atoms with E-state index >= 15 is 0 Å². The summed E-state index contributed by atoms with van der Waals surface area (Å²) in [7, 11) is 0. The number of pyridine rings is 1. The minimum Gasteiger partial charge on any atom is -0.486 e. The summed E-state index contributed by atoms with van der Waals surface area (Å²) in [5.41, 5.74) is 2.76. The number of benzene rings is 1. The van der Waals surface area contributed by atoms with Gasteiger partial charge < -0.3 is 9.14 Å². The van der Waals surface area contributed by atoms with Crippen LogP contribution in [0.2, 0.25) is 5.02 Å². The first-order chi connectivity index (χ1) is 9.63. The van der Waals surface area contributed by atoms with Gasteiger partial charge in [0, 0.05) is 11.9 Å². The van der Waals surface area contributed by atoms with E-state index in [1.165, 1.54) is 18.2 Å². The lowest BCUT2D eigenvalue weighted by Gasteiger charge is -2.05. The van der Waals surface area contributed by atoms with Crippen LogP contribution in [0.4, 0.5) is 4.39 Å². The Kier molecular flexibility index (Phi) is 3.32. The summed E-state index contributed by atoms with van der Waals surface area (Å²) in [4.78, 5) is 4.46. The van der Waals surface area contributed by atoms with Crippen LogP contribution in [0.5, 0.6) is 5.75 Å². The van der Waals surface area contributed by atoms with Crippen LogP contribution >= 0.6 is 11.6 Å². The number of rotatable bonds is 3. The Bertz CT molecular complexity index is 770. The van der Waals surface area contributed by atoms with Crippen LogP contribution in [0.15, 0.2) is 42.6 Å².